The highest BCUT2D eigenvalue weighted by Gasteiger charge is 2.93. The molecule has 1 unspecified atom stereocenters. The lowest BCUT2D eigenvalue weighted by Crippen LogP contribution is -2.72. The van der Waals surface area contributed by atoms with Gasteiger partial charge in [-0.15, -0.1) is 0 Å². The van der Waals surface area contributed by atoms with Crippen molar-refractivity contribution in [2.45, 2.75) is 80.4 Å². The Bertz CT molecular complexity index is 895. The van der Waals surface area contributed by atoms with E-state index in [0.717, 1.165) is 12.1 Å². The Kier molecular flexibility index (Phi) is 8.18. The molecule has 1 aromatic rings. The van der Waals surface area contributed by atoms with E-state index in [1.165, 1.54) is 12.1 Å². The van der Waals surface area contributed by atoms with Gasteiger partial charge in [-0.1, -0.05) is 45.0 Å². The van der Waals surface area contributed by atoms with Gasteiger partial charge in [0.1, 0.15) is 0 Å². The molecule has 0 aromatic heterocycles. The SMILES string of the molecule is COC(CC(F)(F)C(F)(F)C(F)(F)C(F)(F)C(F)(F)C(F)(F)C(F)(F)F)c1ccc(C(C)(C)C)cc1. The number of hydrogen-bond acceptors (Lipinski definition) is 1. The van der Waals surface area contributed by atoms with Crippen LogP contribution in [0.15, 0.2) is 24.3 Å². The molecule has 1 atom stereocenters. The first kappa shape index (κ1) is 32.2. The lowest BCUT2D eigenvalue weighted by molar-refractivity contribution is -0.453. The zero-order valence-electron chi connectivity index (χ0n) is 18.7. The largest absolute Gasteiger partial charge is 0.460 e. The number of benzene rings is 1. The Morgan fingerprint density at radius 3 is 1.28 bits per heavy atom. The quantitative estimate of drug-likeness (QED) is 0.276. The Balaban J connectivity index is 3.47. The third kappa shape index (κ3) is 4.97. The van der Waals surface area contributed by atoms with Crippen molar-refractivity contribution in [2.24, 2.45) is 0 Å². The van der Waals surface area contributed by atoms with E-state index in [-0.39, 0.29) is 5.56 Å². The van der Waals surface area contributed by atoms with E-state index >= 15 is 0 Å². The lowest BCUT2D eigenvalue weighted by Gasteiger charge is -2.42. The van der Waals surface area contributed by atoms with Gasteiger partial charge in [-0.25, -0.2) is 0 Å². The summed E-state index contributed by atoms with van der Waals surface area (Å²) in [4.78, 5) is 0. The molecule has 1 nitrogen and oxygen atoms in total. The highest BCUT2D eigenvalue weighted by molar-refractivity contribution is 5.29. The van der Waals surface area contributed by atoms with Gasteiger partial charge in [0, 0.05) is 13.5 Å². The van der Waals surface area contributed by atoms with E-state index < -0.39 is 59.7 Å². The van der Waals surface area contributed by atoms with Crippen molar-refractivity contribution in [1.29, 1.82) is 0 Å². The molecule has 1 rings (SSSR count). The van der Waals surface area contributed by atoms with E-state index in [9.17, 15) is 65.9 Å². The first-order valence-corrected chi connectivity index (χ1v) is 9.60. The third-order valence-corrected chi connectivity index (χ3v) is 5.27. The van der Waals surface area contributed by atoms with Crippen LogP contribution < -0.4 is 0 Å². The summed E-state index contributed by atoms with van der Waals surface area (Å²) in [5, 5.41) is 0. The third-order valence-electron chi connectivity index (χ3n) is 5.27. The Morgan fingerprint density at radius 1 is 0.583 bits per heavy atom. The maximum absolute atomic E-state index is 14.2. The maximum Gasteiger partial charge on any atom is 0.460 e. The fraction of sp³-hybridized carbons (Fsp3) is 0.700. The first-order valence-electron chi connectivity index (χ1n) is 9.60. The molecule has 0 fully saturated rings. The number of ether oxygens (including phenoxy) is 1. The molecule has 210 valence electrons. The monoisotopic (exact) mass is 560 g/mol. The smallest absolute Gasteiger partial charge is 0.377 e. The van der Waals surface area contributed by atoms with Crippen molar-refractivity contribution in [3.63, 3.8) is 0 Å². The summed E-state index contributed by atoms with van der Waals surface area (Å²) in [6.45, 7) is 5.14. The van der Waals surface area contributed by atoms with Crippen LogP contribution in [0.4, 0.5) is 65.9 Å². The molecule has 1 aromatic carbocycles. The number of halogens is 15. The molecule has 0 N–H and O–H groups in total. The summed E-state index contributed by atoms with van der Waals surface area (Å²) in [5.41, 5.74) is -0.322. The lowest BCUT2D eigenvalue weighted by atomic mass is 9.85. The minimum Gasteiger partial charge on any atom is -0.377 e. The molecule has 0 amide bonds. The molecule has 36 heavy (non-hydrogen) atoms. The normalized spacial score (nSPS) is 16.3. The van der Waals surface area contributed by atoms with Gasteiger partial charge in [0.25, 0.3) is 0 Å². The first-order chi connectivity index (χ1) is 15.6. The van der Waals surface area contributed by atoms with Crippen molar-refractivity contribution < 1.29 is 70.6 Å². The van der Waals surface area contributed by atoms with Crippen LogP contribution in [0.5, 0.6) is 0 Å². The Hall–Kier alpha value is -1.87. The minimum absolute atomic E-state index is 0.384. The van der Waals surface area contributed by atoms with Gasteiger partial charge >= 0.3 is 41.7 Å². The topological polar surface area (TPSA) is 9.23 Å². The van der Waals surface area contributed by atoms with Crippen LogP contribution in [-0.4, -0.2) is 48.8 Å². The van der Waals surface area contributed by atoms with Crippen molar-refractivity contribution in [3.05, 3.63) is 35.4 Å². The molecule has 0 aliphatic rings. The highest BCUT2D eigenvalue weighted by Crippen LogP contribution is 2.63. The van der Waals surface area contributed by atoms with Crippen LogP contribution in [0.25, 0.3) is 0 Å². The summed E-state index contributed by atoms with van der Waals surface area (Å²) >= 11 is 0. The molecule has 0 spiro atoms. The average Bonchev–Trinajstić information content (AvgIpc) is 2.69. The summed E-state index contributed by atoms with van der Waals surface area (Å²) < 4.78 is 205. The highest BCUT2D eigenvalue weighted by atomic mass is 19.4. The van der Waals surface area contributed by atoms with Gasteiger partial charge in [-0.2, -0.15) is 65.9 Å². The Labute approximate surface area is 194 Å². The molecule has 0 bridgehead atoms. The zero-order chi connectivity index (χ0) is 29.0. The fourth-order valence-corrected chi connectivity index (χ4v) is 2.90. The van der Waals surface area contributed by atoms with Crippen LogP contribution in [0.2, 0.25) is 0 Å². The molecule has 0 saturated heterocycles. The standard InChI is InChI=1S/C20H19F15O/c1-13(2,3)11-7-5-10(6-8-11)12(36-4)9-14(21,22)15(23,24)16(25,26)17(27,28)18(29,30)19(31,32)20(33,34)35/h5-8,12H,9H2,1-4H3. The second-order valence-electron chi connectivity index (χ2n) is 8.87. The Morgan fingerprint density at radius 2 is 0.944 bits per heavy atom. The van der Waals surface area contributed by atoms with Crippen LogP contribution in [0.3, 0.4) is 0 Å². The predicted octanol–water partition coefficient (Wildman–Crippen LogP) is 8.44. The van der Waals surface area contributed by atoms with Crippen molar-refractivity contribution >= 4 is 0 Å². The fourth-order valence-electron chi connectivity index (χ4n) is 2.90. The van der Waals surface area contributed by atoms with E-state index in [1.807, 2.05) is 0 Å². The zero-order valence-corrected chi connectivity index (χ0v) is 18.7. The van der Waals surface area contributed by atoms with Gasteiger partial charge in [0.05, 0.1) is 6.10 Å². The summed E-state index contributed by atoms with van der Waals surface area (Å²) in [6.07, 6.45) is -12.5. The maximum atomic E-state index is 14.2. The van der Waals surface area contributed by atoms with Gasteiger partial charge in [0.2, 0.25) is 0 Å². The predicted molar refractivity (Wildman–Crippen MR) is 95.2 cm³/mol. The van der Waals surface area contributed by atoms with Crippen LogP contribution >= 0.6 is 0 Å². The average molecular weight is 560 g/mol. The van der Waals surface area contributed by atoms with Gasteiger partial charge < -0.3 is 4.74 Å². The number of alkyl halides is 15. The molecule has 0 aliphatic heterocycles. The summed E-state index contributed by atoms with van der Waals surface area (Å²) in [5.74, 6) is -46.6. The molecule has 0 radical (unpaired) electrons. The van der Waals surface area contributed by atoms with Gasteiger partial charge in [-0.05, 0) is 16.5 Å². The molecular formula is C20H19F15O. The molecule has 0 aliphatic carbocycles. The van der Waals surface area contributed by atoms with Crippen molar-refractivity contribution in [1.82, 2.24) is 0 Å². The number of hydrogen-bond donors (Lipinski definition) is 0. The number of rotatable bonds is 9. The summed E-state index contributed by atoms with van der Waals surface area (Å²) in [6, 6.07) is 4.63. The van der Waals surface area contributed by atoms with Crippen molar-refractivity contribution in [3.8, 4) is 0 Å². The molecular weight excluding hydrogens is 541 g/mol. The van der Waals surface area contributed by atoms with Crippen LogP contribution in [0.1, 0.15) is 44.4 Å². The summed E-state index contributed by atoms with van der Waals surface area (Å²) in [7, 11) is 0.612. The van der Waals surface area contributed by atoms with E-state index in [4.69, 9.17) is 0 Å². The molecule has 0 heterocycles. The van der Waals surface area contributed by atoms with E-state index in [1.54, 1.807) is 20.8 Å². The van der Waals surface area contributed by atoms with Crippen LogP contribution in [0, 0.1) is 0 Å². The van der Waals surface area contributed by atoms with E-state index in [2.05, 4.69) is 4.74 Å². The van der Waals surface area contributed by atoms with Gasteiger partial charge in [-0.3, -0.25) is 0 Å². The van der Waals surface area contributed by atoms with Crippen molar-refractivity contribution in [2.75, 3.05) is 7.11 Å². The second kappa shape index (κ2) is 9.15. The second-order valence-corrected chi connectivity index (χ2v) is 8.87. The van der Waals surface area contributed by atoms with E-state index in [0.29, 0.717) is 12.7 Å². The van der Waals surface area contributed by atoms with Crippen LogP contribution in [-0.2, 0) is 10.2 Å². The van der Waals surface area contributed by atoms with Gasteiger partial charge in [0.15, 0.2) is 0 Å². The molecule has 16 heteroatoms. The minimum atomic E-state index is -8.30. The number of methoxy groups -OCH3 is 1. The molecule has 0 saturated carbocycles.